The van der Waals surface area contributed by atoms with E-state index in [2.05, 4.69) is 28.2 Å². The van der Waals surface area contributed by atoms with Crippen molar-refractivity contribution in [1.29, 1.82) is 0 Å². The molecule has 0 spiro atoms. The Morgan fingerprint density at radius 1 is 0.837 bits per heavy atom. The largest absolute Gasteiger partial charge is 0.486 e. The average molecular weight is 762 g/mol. The van der Waals surface area contributed by atoms with Gasteiger partial charge in [-0.1, -0.05) is 56.0 Å². The molecule has 5 heterocycles. The summed E-state index contributed by atoms with van der Waals surface area (Å²) in [6, 6.07) is 30.2. The molecule has 0 saturated carbocycles. The molecule has 0 amide bonds. The number of thiophene rings is 1. The normalized spacial score (nSPS) is 12.4. The summed E-state index contributed by atoms with van der Waals surface area (Å²) in [6.45, 7) is 11.8. The number of hydrogen-bond acceptors (Lipinski definition) is 5. The van der Waals surface area contributed by atoms with Gasteiger partial charge in [-0.2, -0.15) is 0 Å². The van der Waals surface area contributed by atoms with Gasteiger partial charge in [-0.3, -0.25) is 4.98 Å². The van der Waals surface area contributed by atoms with E-state index in [1.807, 2.05) is 114 Å². The zero-order valence-corrected chi connectivity index (χ0v) is 28.2. The van der Waals surface area contributed by atoms with Crippen LogP contribution in [0.4, 0.5) is 0 Å². The predicted molar refractivity (Wildman–Crippen MR) is 175 cm³/mol. The third-order valence-electron chi connectivity index (χ3n) is 6.82. The summed E-state index contributed by atoms with van der Waals surface area (Å²) in [5.74, 6) is 0. The van der Waals surface area contributed by atoms with E-state index < -0.39 is 11.8 Å². The number of benzene rings is 2. The number of hydrogen-bond donors (Lipinski definition) is 0. The van der Waals surface area contributed by atoms with Crippen LogP contribution in [0.3, 0.4) is 0 Å². The van der Waals surface area contributed by atoms with Crippen LogP contribution < -0.4 is 0 Å². The molecule has 0 aliphatic rings. The first-order valence-corrected chi connectivity index (χ1v) is 14.8. The summed E-state index contributed by atoms with van der Waals surface area (Å²) < 4.78 is 23.7. The van der Waals surface area contributed by atoms with Crippen LogP contribution in [0.2, 0.25) is 0 Å². The zero-order valence-electron chi connectivity index (χ0n) is 27.0. The molecule has 0 bridgehead atoms. The monoisotopic (exact) mass is 762 g/mol. The van der Waals surface area contributed by atoms with Crippen molar-refractivity contribution in [3.63, 3.8) is 0 Å². The van der Waals surface area contributed by atoms with Gasteiger partial charge in [-0.15, -0.1) is 65.4 Å². The molecule has 6 heteroatoms. The Kier molecular flexibility index (Phi) is 8.16. The molecule has 0 N–H and O–H groups in total. The van der Waals surface area contributed by atoms with Gasteiger partial charge in [0.2, 0.25) is 5.71 Å². The number of pyridine rings is 3. The van der Waals surface area contributed by atoms with Gasteiger partial charge in [0.05, 0.1) is 5.58 Å². The first-order valence-electron chi connectivity index (χ1n) is 15.0. The minimum Gasteiger partial charge on any atom is -0.486 e. The van der Waals surface area contributed by atoms with Crippen LogP contribution in [0.25, 0.3) is 54.8 Å². The van der Waals surface area contributed by atoms with Crippen molar-refractivity contribution >= 4 is 43.6 Å². The van der Waals surface area contributed by atoms with Crippen molar-refractivity contribution in [3.05, 3.63) is 113 Å². The number of aryl methyl sites for hydroxylation is 3. The average Bonchev–Trinajstić information content (AvgIpc) is 3.53. The standard InChI is InChI=1S/C25H23N2OS.C12H10N.Ir/c1-14-9-10-17-16-7-6-8-19(22(16)28-23(17)26-14)21-12-11-18-20(13-25(3,4)5)15(2)29-24(18)27-21;1-10-7-8-12(13-9-10)11-5-3-2-4-6-11;/h6-7,9-12H,13H2,1-5H3;2-5,7-9H,1H3;/q2*-1;/i13D2;;. The van der Waals surface area contributed by atoms with Gasteiger partial charge in [0.15, 0.2) is 0 Å². The van der Waals surface area contributed by atoms with Crippen LogP contribution in [-0.2, 0) is 26.5 Å². The first kappa shape index (κ1) is 28.1. The molecule has 0 aliphatic carbocycles. The summed E-state index contributed by atoms with van der Waals surface area (Å²) in [7, 11) is 0. The third kappa shape index (κ3) is 6.62. The van der Waals surface area contributed by atoms with E-state index in [-0.39, 0.29) is 20.1 Å². The van der Waals surface area contributed by atoms with Crippen LogP contribution in [0.1, 0.15) is 45.2 Å². The van der Waals surface area contributed by atoms with Crippen molar-refractivity contribution in [1.82, 2.24) is 15.0 Å². The Balaban J connectivity index is 0.000000240. The minimum absolute atomic E-state index is 0. The van der Waals surface area contributed by atoms with Gasteiger partial charge < -0.3 is 9.40 Å². The molecule has 1 radical (unpaired) electrons. The summed E-state index contributed by atoms with van der Waals surface area (Å²) in [5.41, 5.74) is 7.22. The molecule has 2 aromatic carbocycles. The van der Waals surface area contributed by atoms with Crippen molar-refractivity contribution in [3.8, 4) is 22.5 Å². The second-order valence-corrected chi connectivity index (χ2v) is 12.7. The van der Waals surface area contributed by atoms with Crippen LogP contribution in [0.5, 0.6) is 0 Å². The SMILES string of the molecule is Cc1ccc(-c2[c-]cccc2)nc1.[2H]C([2H])(c1c(C)sc2nc(-c3[c-]ccc4c3oc3nc(C)ccc34)ccc12)C(C)(C)C.[Ir]. The quantitative estimate of drug-likeness (QED) is 0.168. The summed E-state index contributed by atoms with van der Waals surface area (Å²) in [4.78, 5) is 15.5. The topological polar surface area (TPSA) is 51.8 Å². The van der Waals surface area contributed by atoms with E-state index in [1.165, 1.54) is 16.9 Å². The van der Waals surface area contributed by atoms with E-state index in [0.29, 0.717) is 5.71 Å². The van der Waals surface area contributed by atoms with Crippen molar-refractivity contribution in [2.45, 2.75) is 47.9 Å². The molecule has 5 aromatic heterocycles. The van der Waals surface area contributed by atoms with E-state index >= 15 is 0 Å². The third-order valence-corrected chi connectivity index (χ3v) is 7.84. The molecule has 0 fully saturated rings. The van der Waals surface area contributed by atoms with Crippen LogP contribution >= 0.6 is 11.3 Å². The molecule has 0 unspecified atom stereocenters. The van der Waals surface area contributed by atoms with Gasteiger partial charge in [0.25, 0.3) is 0 Å². The van der Waals surface area contributed by atoms with E-state index in [1.54, 1.807) is 0 Å². The molecule has 7 aromatic rings. The molecule has 0 aliphatic heterocycles. The molecule has 219 valence electrons. The van der Waals surface area contributed by atoms with Gasteiger partial charge in [-0.05, 0) is 67.2 Å². The molecule has 43 heavy (non-hydrogen) atoms. The van der Waals surface area contributed by atoms with Crippen molar-refractivity contribution in [2.24, 2.45) is 5.41 Å². The molecule has 0 saturated heterocycles. The van der Waals surface area contributed by atoms with Crippen molar-refractivity contribution < 1.29 is 27.3 Å². The van der Waals surface area contributed by atoms with Gasteiger partial charge in [0, 0.05) is 50.4 Å². The maximum atomic E-state index is 8.78. The second kappa shape index (κ2) is 12.5. The number of fused-ring (bicyclic) bond motifs is 4. The van der Waals surface area contributed by atoms with E-state index in [0.717, 1.165) is 65.2 Å². The Bertz CT molecular complexity index is 2110. The second-order valence-electron chi connectivity index (χ2n) is 11.5. The Hall–Kier alpha value is -3.70. The van der Waals surface area contributed by atoms with Crippen molar-refractivity contribution in [2.75, 3.05) is 0 Å². The fourth-order valence-corrected chi connectivity index (χ4v) is 5.83. The minimum atomic E-state index is -1.47. The molecule has 0 atom stereocenters. The molecular weight excluding hydrogens is 727 g/mol. The fourth-order valence-electron chi connectivity index (χ4n) is 4.85. The summed E-state index contributed by atoms with van der Waals surface area (Å²) in [6.07, 6.45) is 0.406. The van der Waals surface area contributed by atoms with Crippen LogP contribution in [-0.4, -0.2) is 15.0 Å². The number of furan rings is 1. The van der Waals surface area contributed by atoms with Gasteiger partial charge in [-0.25, -0.2) is 4.98 Å². The fraction of sp³-hybridized carbons (Fsp3) is 0.216. The van der Waals surface area contributed by atoms with Crippen LogP contribution in [0, 0.1) is 38.3 Å². The van der Waals surface area contributed by atoms with Crippen LogP contribution in [0.15, 0.2) is 83.4 Å². The molecular formula is C37H33IrN3OS-2. The zero-order chi connectivity index (χ0) is 31.2. The predicted octanol–water partition coefficient (Wildman–Crippen LogP) is 10.1. The van der Waals surface area contributed by atoms with Gasteiger partial charge in [0.1, 0.15) is 4.83 Å². The summed E-state index contributed by atoms with van der Waals surface area (Å²) in [5, 5.41) is 2.84. The molecule has 7 rings (SSSR count). The number of nitrogens with zero attached hydrogens (tertiary/aromatic N) is 3. The Morgan fingerprint density at radius 3 is 2.35 bits per heavy atom. The number of aromatic nitrogens is 3. The smallest absolute Gasteiger partial charge is 0.216 e. The summed E-state index contributed by atoms with van der Waals surface area (Å²) >= 11 is 1.53. The Morgan fingerprint density at radius 2 is 1.63 bits per heavy atom. The maximum absolute atomic E-state index is 8.78. The van der Waals surface area contributed by atoms with E-state index in [4.69, 9.17) is 12.1 Å². The Labute approximate surface area is 273 Å². The van der Waals surface area contributed by atoms with E-state index in [9.17, 15) is 0 Å². The molecule has 4 nitrogen and oxygen atoms in total. The number of rotatable bonds is 3. The maximum Gasteiger partial charge on any atom is 0.216 e. The van der Waals surface area contributed by atoms with Gasteiger partial charge >= 0.3 is 0 Å². The first-order chi connectivity index (χ1) is 20.9.